The zero-order chi connectivity index (χ0) is 19.9. The summed E-state index contributed by atoms with van der Waals surface area (Å²) in [5.74, 6) is -0.972. The Kier molecular flexibility index (Phi) is 6.48. The number of hydrogen-bond acceptors (Lipinski definition) is 6. The molecule has 146 valence electrons. The van der Waals surface area contributed by atoms with Gasteiger partial charge in [0.15, 0.2) is 5.82 Å². The first-order valence-corrected chi connectivity index (χ1v) is 9.09. The fourth-order valence-electron chi connectivity index (χ4n) is 2.28. The molecule has 0 aliphatic heterocycles. The van der Waals surface area contributed by atoms with E-state index >= 15 is 0 Å². The highest BCUT2D eigenvalue weighted by Crippen LogP contribution is 2.08. The van der Waals surface area contributed by atoms with Crippen molar-refractivity contribution in [2.75, 3.05) is 13.1 Å². The SMILES string of the molecule is O=C(Cc1ccc(F)cc1)NCCNC(=O)c1nc(Cn2cc(Br)cn2)no1. The summed E-state index contributed by atoms with van der Waals surface area (Å²) in [5, 5.41) is 13.0. The predicted molar refractivity (Wildman–Crippen MR) is 98.8 cm³/mol. The van der Waals surface area contributed by atoms with Crippen LogP contribution in [0.15, 0.2) is 45.7 Å². The molecule has 0 saturated heterocycles. The van der Waals surface area contributed by atoms with Gasteiger partial charge in [-0.2, -0.15) is 10.1 Å². The second-order valence-corrected chi connectivity index (χ2v) is 6.70. The van der Waals surface area contributed by atoms with Crippen LogP contribution in [0.1, 0.15) is 22.1 Å². The van der Waals surface area contributed by atoms with E-state index in [2.05, 4.69) is 41.8 Å². The molecule has 0 aliphatic carbocycles. The van der Waals surface area contributed by atoms with Gasteiger partial charge in [-0.3, -0.25) is 14.3 Å². The average Bonchev–Trinajstić information content (AvgIpc) is 3.30. The molecule has 0 unspecified atom stereocenters. The van der Waals surface area contributed by atoms with Gasteiger partial charge in [-0.15, -0.1) is 0 Å². The summed E-state index contributed by atoms with van der Waals surface area (Å²) in [6.45, 7) is 0.688. The van der Waals surface area contributed by atoms with E-state index in [9.17, 15) is 14.0 Å². The average molecular weight is 451 g/mol. The molecule has 0 fully saturated rings. The van der Waals surface area contributed by atoms with Gasteiger partial charge in [-0.25, -0.2) is 4.39 Å². The van der Waals surface area contributed by atoms with Crippen LogP contribution < -0.4 is 10.6 Å². The van der Waals surface area contributed by atoms with E-state index in [0.29, 0.717) is 11.4 Å². The number of carbonyl (C=O) groups is 2. The standard InChI is InChI=1S/C17H16BrFN6O3/c18-12-8-22-25(9-12)10-14-23-17(28-24-14)16(27)21-6-5-20-15(26)7-11-1-3-13(19)4-2-11/h1-4,8-9H,5-7,10H2,(H,20,26)(H,21,27). The lowest BCUT2D eigenvalue weighted by Gasteiger charge is -2.06. The number of benzene rings is 1. The van der Waals surface area contributed by atoms with E-state index in [1.54, 1.807) is 29.2 Å². The minimum Gasteiger partial charge on any atom is -0.354 e. The van der Waals surface area contributed by atoms with Crippen LogP contribution in [0, 0.1) is 5.82 Å². The summed E-state index contributed by atoms with van der Waals surface area (Å²) in [4.78, 5) is 27.8. The molecule has 3 aromatic rings. The third-order valence-electron chi connectivity index (χ3n) is 3.58. The number of amides is 2. The normalized spacial score (nSPS) is 10.6. The minimum atomic E-state index is -0.534. The maximum absolute atomic E-state index is 12.8. The number of halogens is 2. The van der Waals surface area contributed by atoms with Gasteiger partial charge in [0.05, 0.1) is 17.1 Å². The lowest BCUT2D eigenvalue weighted by molar-refractivity contribution is -0.120. The van der Waals surface area contributed by atoms with Crippen LogP contribution in [0.5, 0.6) is 0 Å². The van der Waals surface area contributed by atoms with E-state index in [4.69, 9.17) is 4.52 Å². The molecule has 0 spiro atoms. The molecule has 0 saturated carbocycles. The van der Waals surface area contributed by atoms with Crippen LogP contribution in [0.2, 0.25) is 0 Å². The van der Waals surface area contributed by atoms with Crippen LogP contribution in [0.25, 0.3) is 0 Å². The van der Waals surface area contributed by atoms with Crippen LogP contribution >= 0.6 is 15.9 Å². The molecule has 9 nitrogen and oxygen atoms in total. The monoisotopic (exact) mass is 450 g/mol. The number of hydrogen-bond donors (Lipinski definition) is 2. The van der Waals surface area contributed by atoms with Gasteiger partial charge in [0, 0.05) is 19.3 Å². The molecule has 3 rings (SSSR count). The third kappa shape index (κ3) is 5.71. The highest BCUT2D eigenvalue weighted by Gasteiger charge is 2.15. The van der Waals surface area contributed by atoms with E-state index in [0.717, 1.165) is 4.47 Å². The highest BCUT2D eigenvalue weighted by atomic mass is 79.9. The van der Waals surface area contributed by atoms with Crippen molar-refractivity contribution in [1.29, 1.82) is 0 Å². The fraction of sp³-hybridized carbons (Fsp3) is 0.235. The van der Waals surface area contributed by atoms with Crippen molar-refractivity contribution in [2.24, 2.45) is 0 Å². The van der Waals surface area contributed by atoms with Gasteiger partial charge in [0.25, 0.3) is 0 Å². The summed E-state index contributed by atoms with van der Waals surface area (Å²) in [7, 11) is 0. The third-order valence-corrected chi connectivity index (χ3v) is 3.99. The number of carbonyl (C=O) groups excluding carboxylic acids is 2. The van der Waals surface area contributed by atoms with Crippen molar-refractivity contribution < 1.29 is 18.5 Å². The summed E-state index contributed by atoms with van der Waals surface area (Å²) in [6.07, 6.45) is 3.49. The van der Waals surface area contributed by atoms with Gasteiger partial charge in [0.1, 0.15) is 12.4 Å². The number of nitrogens with one attached hydrogen (secondary N) is 2. The number of rotatable bonds is 8. The van der Waals surface area contributed by atoms with Crippen LogP contribution in [-0.2, 0) is 17.8 Å². The van der Waals surface area contributed by atoms with Crippen molar-refractivity contribution >= 4 is 27.7 Å². The maximum Gasteiger partial charge on any atom is 0.316 e. The Balaban J connectivity index is 1.38. The van der Waals surface area contributed by atoms with Crippen LogP contribution in [0.3, 0.4) is 0 Å². The first-order valence-electron chi connectivity index (χ1n) is 8.29. The Morgan fingerprint density at radius 2 is 1.93 bits per heavy atom. The first kappa shape index (κ1) is 19.7. The summed E-state index contributed by atoms with van der Waals surface area (Å²) in [6, 6.07) is 5.69. The topological polar surface area (TPSA) is 115 Å². The molecule has 0 radical (unpaired) electrons. The largest absolute Gasteiger partial charge is 0.354 e. The first-order chi connectivity index (χ1) is 13.5. The molecule has 2 N–H and O–H groups in total. The molecule has 1 aromatic carbocycles. The number of aromatic nitrogens is 4. The smallest absolute Gasteiger partial charge is 0.316 e. The van der Waals surface area contributed by atoms with E-state index in [-0.39, 0.29) is 43.7 Å². The summed E-state index contributed by atoms with van der Waals surface area (Å²) >= 11 is 3.28. The minimum absolute atomic E-state index is 0.130. The van der Waals surface area contributed by atoms with Crippen molar-refractivity contribution in [1.82, 2.24) is 30.6 Å². The molecule has 2 heterocycles. The van der Waals surface area contributed by atoms with Gasteiger partial charge in [-0.1, -0.05) is 17.3 Å². The Morgan fingerprint density at radius 3 is 2.64 bits per heavy atom. The highest BCUT2D eigenvalue weighted by molar-refractivity contribution is 9.10. The van der Waals surface area contributed by atoms with Crippen molar-refractivity contribution in [3.8, 4) is 0 Å². The summed E-state index contributed by atoms with van der Waals surface area (Å²) < 4.78 is 20.2. The van der Waals surface area contributed by atoms with Crippen LogP contribution in [0.4, 0.5) is 4.39 Å². The summed E-state index contributed by atoms with van der Waals surface area (Å²) in [5.41, 5.74) is 0.700. The van der Waals surface area contributed by atoms with Gasteiger partial charge in [-0.05, 0) is 33.6 Å². The molecular weight excluding hydrogens is 435 g/mol. The molecular formula is C17H16BrFN6O3. The second-order valence-electron chi connectivity index (χ2n) is 5.78. The molecule has 28 heavy (non-hydrogen) atoms. The Hall–Kier alpha value is -3.08. The van der Waals surface area contributed by atoms with E-state index in [1.165, 1.54) is 12.1 Å². The molecule has 2 aromatic heterocycles. The fourth-order valence-corrected chi connectivity index (χ4v) is 2.61. The zero-order valence-corrected chi connectivity index (χ0v) is 16.1. The van der Waals surface area contributed by atoms with Gasteiger partial charge in [0.2, 0.25) is 5.91 Å². The van der Waals surface area contributed by atoms with Crippen molar-refractivity contribution in [2.45, 2.75) is 13.0 Å². The molecule has 0 atom stereocenters. The Labute approximate surface area is 167 Å². The zero-order valence-electron chi connectivity index (χ0n) is 14.6. The lowest BCUT2D eigenvalue weighted by atomic mass is 10.1. The second kappa shape index (κ2) is 9.22. The predicted octanol–water partition coefficient (Wildman–Crippen LogP) is 1.30. The van der Waals surface area contributed by atoms with Gasteiger partial charge >= 0.3 is 11.8 Å². The van der Waals surface area contributed by atoms with Crippen molar-refractivity contribution in [3.63, 3.8) is 0 Å². The Morgan fingerprint density at radius 1 is 1.18 bits per heavy atom. The van der Waals surface area contributed by atoms with Crippen LogP contribution in [-0.4, -0.2) is 44.8 Å². The Bertz CT molecular complexity index is 956. The quantitative estimate of drug-likeness (QED) is 0.499. The number of nitrogens with zero attached hydrogens (tertiary/aromatic N) is 4. The van der Waals surface area contributed by atoms with Gasteiger partial charge < -0.3 is 15.2 Å². The molecule has 11 heteroatoms. The molecule has 2 amide bonds. The molecule has 0 bridgehead atoms. The van der Waals surface area contributed by atoms with E-state index in [1.807, 2.05) is 0 Å². The lowest BCUT2D eigenvalue weighted by Crippen LogP contribution is -2.35. The van der Waals surface area contributed by atoms with E-state index < -0.39 is 5.91 Å². The maximum atomic E-state index is 12.8. The van der Waals surface area contributed by atoms with Crippen molar-refractivity contribution in [3.05, 3.63) is 64.2 Å². The molecule has 0 aliphatic rings.